The number of halogens is 2. The number of nitrogens with zero attached hydrogens (tertiary/aromatic N) is 3. The third kappa shape index (κ3) is 7.83. The highest BCUT2D eigenvalue weighted by Crippen LogP contribution is 2.17. The summed E-state index contributed by atoms with van der Waals surface area (Å²) in [5.41, 5.74) is 2.03. The maximum absolute atomic E-state index is 13.7. The highest BCUT2D eigenvalue weighted by atomic mass is 19.1. The van der Waals surface area contributed by atoms with Crippen LogP contribution in [-0.4, -0.2) is 37.5 Å². The van der Waals surface area contributed by atoms with Gasteiger partial charge in [-0.05, 0) is 55.2 Å². The summed E-state index contributed by atoms with van der Waals surface area (Å²) >= 11 is 0. The minimum atomic E-state index is -0.788. The third-order valence-corrected chi connectivity index (χ3v) is 5.79. The molecule has 7 nitrogen and oxygen atoms in total. The highest BCUT2D eigenvalue weighted by molar-refractivity contribution is 5.66. The van der Waals surface area contributed by atoms with Crippen LogP contribution in [0.25, 0.3) is 12.2 Å². The van der Waals surface area contributed by atoms with Gasteiger partial charge in [0.2, 0.25) is 5.89 Å². The van der Waals surface area contributed by atoms with Crippen LogP contribution in [0.2, 0.25) is 0 Å². The average molecular weight is 510 g/mol. The zero-order chi connectivity index (χ0) is 26.0. The van der Waals surface area contributed by atoms with Gasteiger partial charge in [0.1, 0.15) is 41.8 Å². The van der Waals surface area contributed by atoms with Crippen molar-refractivity contribution in [2.24, 2.45) is 0 Å². The zero-order valence-corrected chi connectivity index (χ0v) is 20.3. The molecule has 2 heterocycles. The summed E-state index contributed by atoms with van der Waals surface area (Å²) < 4.78 is 39.9. The predicted molar refractivity (Wildman–Crippen MR) is 135 cm³/mol. The molecule has 0 spiro atoms. The molecular formula is C28H29F2N3O4. The van der Waals surface area contributed by atoms with Crippen LogP contribution in [0.1, 0.15) is 41.4 Å². The largest absolute Gasteiger partial charge is 0.487 e. The van der Waals surface area contributed by atoms with Gasteiger partial charge in [-0.2, -0.15) is 0 Å². The first-order valence-electron chi connectivity index (χ1n) is 12.1. The van der Waals surface area contributed by atoms with Crippen LogP contribution < -0.4 is 4.74 Å². The van der Waals surface area contributed by atoms with Crippen LogP contribution in [0.15, 0.2) is 65.5 Å². The molecule has 1 atom stereocenters. The fourth-order valence-corrected chi connectivity index (χ4v) is 3.79. The molecule has 0 aliphatic rings. The van der Waals surface area contributed by atoms with Crippen molar-refractivity contribution >= 4 is 12.2 Å². The van der Waals surface area contributed by atoms with Crippen molar-refractivity contribution in [3.05, 3.63) is 101 Å². The number of aliphatic hydroxyl groups is 2. The van der Waals surface area contributed by atoms with Gasteiger partial charge in [-0.1, -0.05) is 12.1 Å². The van der Waals surface area contributed by atoms with E-state index in [1.165, 1.54) is 36.1 Å². The second-order valence-corrected chi connectivity index (χ2v) is 8.64. The number of aryl methyl sites for hydroxylation is 2. The molecule has 0 amide bonds. The molecule has 0 saturated carbocycles. The van der Waals surface area contributed by atoms with E-state index in [1.54, 1.807) is 6.20 Å². The van der Waals surface area contributed by atoms with Crippen molar-refractivity contribution in [3.63, 3.8) is 0 Å². The van der Waals surface area contributed by atoms with Gasteiger partial charge in [0.15, 0.2) is 0 Å². The lowest BCUT2D eigenvalue weighted by atomic mass is 10.1. The van der Waals surface area contributed by atoms with E-state index < -0.39 is 17.7 Å². The van der Waals surface area contributed by atoms with Crippen molar-refractivity contribution in [1.29, 1.82) is 0 Å². The van der Waals surface area contributed by atoms with Crippen LogP contribution in [0, 0.1) is 11.6 Å². The summed E-state index contributed by atoms with van der Waals surface area (Å²) in [7, 11) is 0. The first kappa shape index (κ1) is 26.2. The van der Waals surface area contributed by atoms with Gasteiger partial charge in [-0.25, -0.2) is 18.7 Å². The molecule has 0 bridgehead atoms. The molecule has 0 aliphatic heterocycles. The quantitative estimate of drug-likeness (QED) is 0.251. The number of aromatic nitrogens is 3. The SMILES string of the molecule is OCC(O)Cc1nccn1CCCCc1ccc(OCc2coc(C=Cc3ccc(F)cc3F)n2)cc1. The second-order valence-electron chi connectivity index (χ2n) is 8.64. The van der Waals surface area contributed by atoms with Gasteiger partial charge in [-0.3, -0.25) is 0 Å². The van der Waals surface area contributed by atoms with E-state index >= 15 is 0 Å². The summed E-state index contributed by atoms with van der Waals surface area (Å²) in [5, 5.41) is 18.7. The topological polar surface area (TPSA) is 93.5 Å². The molecular weight excluding hydrogens is 480 g/mol. The Morgan fingerprint density at radius 1 is 1.08 bits per heavy atom. The van der Waals surface area contributed by atoms with E-state index in [0.29, 0.717) is 23.8 Å². The maximum Gasteiger partial charge on any atom is 0.218 e. The smallest absolute Gasteiger partial charge is 0.218 e. The number of rotatable bonds is 13. The summed E-state index contributed by atoms with van der Waals surface area (Å²) in [4.78, 5) is 8.55. The number of aliphatic hydroxyl groups excluding tert-OH is 2. The van der Waals surface area contributed by atoms with E-state index in [9.17, 15) is 13.9 Å². The summed E-state index contributed by atoms with van der Waals surface area (Å²) in [5.74, 6) is 0.500. The van der Waals surface area contributed by atoms with Crippen LogP contribution >= 0.6 is 0 Å². The number of unbranched alkanes of at least 4 members (excludes halogenated alkanes) is 1. The first-order valence-corrected chi connectivity index (χ1v) is 12.1. The van der Waals surface area contributed by atoms with Gasteiger partial charge < -0.3 is 23.9 Å². The van der Waals surface area contributed by atoms with Crippen molar-refractivity contribution in [1.82, 2.24) is 14.5 Å². The lowest BCUT2D eigenvalue weighted by Gasteiger charge is -2.10. The Morgan fingerprint density at radius 2 is 1.92 bits per heavy atom. The van der Waals surface area contributed by atoms with E-state index in [-0.39, 0.29) is 18.8 Å². The number of ether oxygens (including phenoxy) is 1. The van der Waals surface area contributed by atoms with Crippen molar-refractivity contribution in [3.8, 4) is 5.75 Å². The minimum Gasteiger partial charge on any atom is -0.487 e. The van der Waals surface area contributed by atoms with E-state index in [2.05, 4.69) is 9.97 Å². The molecule has 1 unspecified atom stereocenters. The van der Waals surface area contributed by atoms with E-state index in [4.69, 9.17) is 14.3 Å². The average Bonchev–Trinajstić information content (AvgIpc) is 3.54. The van der Waals surface area contributed by atoms with E-state index in [1.807, 2.05) is 35.0 Å². The Kier molecular flexibility index (Phi) is 9.18. The molecule has 0 radical (unpaired) electrons. The molecule has 4 aromatic rings. The van der Waals surface area contributed by atoms with Gasteiger partial charge in [0.25, 0.3) is 0 Å². The molecule has 37 heavy (non-hydrogen) atoms. The second kappa shape index (κ2) is 12.9. The van der Waals surface area contributed by atoms with Gasteiger partial charge >= 0.3 is 0 Å². The molecule has 2 N–H and O–H groups in total. The minimum absolute atomic E-state index is 0.222. The van der Waals surface area contributed by atoms with Crippen LogP contribution in [-0.2, 0) is 26.0 Å². The highest BCUT2D eigenvalue weighted by Gasteiger charge is 2.09. The fourth-order valence-electron chi connectivity index (χ4n) is 3.79. The normalized spacial score (nSPS) is 12.3. The third-order valence-electron chi connectivity index (χ3n) is 5.79. The first-order chi connectivity index (χ1) is 18.0. The van der Waals surface area contributed by atoms with Crippen molar-refractivity contribution in [2.45, 2.75) is 44.9 Å². The molecule has 0 saturated heterocycles. The Morgan fingerprint density at radius 3 is 2.70 bits per heavy atom. The number of hydrogen-bond donors (Lipinski definition) is 2. The Balaban J connectivity index is 1.19. The Bertz CT molecular complexity index is 1300. The molecule has 194 valence electrons. The number of benzene rings is 2. The van der Waals surface area contributed by atoms with Crippen LogP contribution in [0.4, 0.5) is 8.78 Å². The van der Waals surface area contributed by atoms with Gasteiger partial charge in [-0.15, -0.1) is 0 Å². The number of oxazole rings is 1. The fraction of sp³-hybridized carbons (Fsp3) is 0.286. The molecule has 9 heteroatoms. The Labute approximate surface area is 213 Å². The van der Waals surface area contributed by atoms with Crippen molar-refractivity contribution in [2.75, 3.05) is 6.61 Å². The number of imidazole rings is 1. The van der Waals surface area contributed by atoms with Crippen LogP contribution in [0.5, 0.6) is 5.75 Å². The monoisotopic (exact) mass is 509 g/mol. The van der Waals surface area contributed by atoms with Crippen LogP contribution in [0.3, 0.4) is 0 Å². The van der Waals surface area contributed by atoms with Gasteiger partial charge in [0.05, 0.1) is 12.7 Å². The summed E-state index contributed by atoms with van der Waals surface area (Å²) in [6, 6.07) is 11.3. The summed E-state index contributed by atoms with van der Waals surface area (Å²) in [6.45, 7) is 0.757. The zero-order valence-electron chi connectivity index (χ0n) is 20.3. The molecule has 2 aromatic heterocycles. The number of hydrogen-bond acceptors (Lipinski definition) is 6. The van der Waals surface area contributed by atoms with Crippen molar-refractivity contribution < 1.29 is 28.1 Å². The lowest BCUT2D eigenvalue weighted by molar-refractivity contribution is 0.0931. The van der Waals surface area contributed by atoms with Gasteiger partial charge in [0, 0.05) is 43.1 Å². The summed E-state index contributed by atoms with van der Waals surface area (Å²) in [6.07, 6.45) is 10.5. The van der Waals surface area contributed by atoms with E-state index in [0.717, 1.165) is 37.7 Å². The predicted octanol–water partition coefficient (Wildman–Crippen LogP) is 4.82. The Hall–Kier alpha value is -3.82. The molecule has 0 aliphatic carbocycles. The molecule has 4 rings (SSSR count). The maximum atomic E-state index is 13.7. The molecule has 2 aromatic carbocycles. The lowest BCUT2D eigenvalue weighted by Crippen LogP contribution is -2.18. The molecule has 0 fully saturated rings. The standard InChI is InChI=1S/C28H29F2N3O4/c29-22-8-6-21(26(30)15-22)7-11-28-32-23(19-37-28)18-36-25-9-4-20(5-10-25)3-1-2-13-33-14-12-31-27(33)16-24(35)17-34/h4-12,14-15,19,24,34-35H,1-3,13,16-18H2.